The lowest BCUT2D eigenvalue weighted by molar-refractivity contribution is 0.102. The maximum absolute atomic E-state index is 12.3. The molecule has 2 aromatic carbocycles. The molecule has 0 aliphatic rings. The smallest absolute Gasteiger partial charge is 0.255 e. The van der Waals surface area contributed by atoms with Crippen LogP contribution in [-0.4, -0.2) is 11.0 Å². The van der Waals surface area contributed by atoms with Gasteiger partial charge in [0.15, 0.2) is 0 Å². The van der Waals surface area contributed by atoms with Crippen molar-refractivity contribution in [1.29, 1.82) is 0 Å². The molecule has 0 spiro atoms. The first-order valence-corrected chi connectivity index (χ1v) is 8.02. The average molecular weight is 413 g/mol. The zero-order valence-corrected chi connectivity index (χ0v) is 14.8. The number of anilines is 1. The second-order valence-corrected chi connectivity index (χ2v) is 6.53. The van der Waals surface area contributed by atoms with Crippen molar-refractivity contribution in [3.8, 4) is 0 Å². The molecule has 0 saturated carbocycles. The molecule has 2 rings (SSSR count). The number of hydrogen-bond donors (Lipinski definition) is 2. The predicted molar refractivity (Wildman–Crippen MR) is 91.6 cm³/mol. The van der Waals surface area contributed by atoms with E-state index in [2.05, 4.69) is 37.2 Å². The minimum absolute atomic E-state index is 0.195. The van der Waals surface area contributed by atoms with E-state index >= 15 is 0 Å². The monoisotopic (exact) mass is 411 g/mol. The number of nitrogens with one attached hydrogen (secondary N) is 1. The average Bonchev–Trinajstić information content (AvgIpc) is 2.44. The number of amides is 1. The normalized spacial score (nSPS) is 12.0. The van der Waals surface area contributed by atoms with Crippen molar-refractivity contribution in [3.63, 3.8) is 0 Å². The molecule has 0 heterocycles. The standard InChI is InChI=1S/C16H15Br2NO2/c1-9-14(17)7-12(8-15(9)18)16(21)19-13-5-3-4-11(6-13)10(2)20/h3-8,10,20H,1-2H3,(H,19,21)/t10-/m1/s1. The van der Waals surface area contributed by atoms with E-state index in [-0.39, 0.29) is 5.91 Å². The lowest BCUT2D eigenvalue weighted by Crippen LogP contribution is -2.12. The van der Waals surface area contributed by atoms with E-state index in [0.717, 1.165) is 20.1 Å². The summed E-state index contributed by atoms with van der Waals surface area (Å²) in [6.45, 7) is 3.65. The highest BCUT2D eigenvalue weighted by Gasteiger charge is 2.11. The molecule has 0 unspecified atom stereocenters. The lowest BCUT2D eigenvalue weighted by Gasteiger charge is -2.10. The van der Waals surface area contributed by atoms with Crippen LogP contribution >= 0.6 is 31.9 Å². The molecule has 2 aromatic rings. The highest BCUT2D eigenvalue weighted by molar-refractivity contribution is 9.11. The first-order chi connectivity index (χ1) is 9.88. The molecular weight excluding hydrogens is 398 g/mol. The Morgan fingerprint density at radius 2 is 1.81 bits per heavy atom. The van der Waals surface area contributed by atoms with Crippen LogP contribution in [0, 0.1) is 6.92 Å². The van der Waals surface area contributed by atoms with E-state index in [9.17, 15) is 9.90 Å². The van der Waals surface area contributed by atoms with E-state index in [1.54, 1.807) is 37.3 Å². The second-order valence-electron chi connectivity index (χ2n) is 4.82. The van der Waals surface area contributed by atoms with Gasteiger partial charge in [0.25, 0.3) is 5.91 Å². The molecule has 0 saturated heterocycles. The zero-order chi connectivity index (χ0) is 15.6. The Bertz CT molecular complexity index is 661. The summed E-state index contributed by atoms with van der Waals surface area (Å²) in [5.74, 6) is -0.195. The summed E-state index contributed by atoms with van der Waals surface area (Å²) in [5.41, 5.74) is 3.02. The van der Waals surface area contributed by atoms with Crippen LogP contribution in [-0.2, 0) is 0 Å². The fourth-order valence-electron chi connectivity index (χ4n) is 1.86. The predicted octanol–water partition coefficient (Wildman–Crippen LogP) is 4.83. The molecule has 21 heavy (non-hydrogen) atoms. The van der Waals surface area contributed by atoms with Crippen molar-refractivity contribution in [2.45, 2.75) is 20.0 Å². The van der Waals surface area contributed by atoms with Crippen molar-refractivity contribution in [2.24, 2.45) is 0 Å². The maximum Gasteiger partial charge on any atom is 0.255 e. The lowest BCUT2D eigenvalue weighted by atomic mass is 10.1. The van der Waals surface area contributed by atoms with Crippen LogP contribution in [0.2, 0.25) is 0 Å². The third-order valence-electron chi connectivity index (χ3n) is 3.17. The SMILES string of the molecule is Cc1c(Br)cc(C(=O)Nc2cccc([C@@H](C)O)c2)cc1Br. The van der Waals surface area contributed by atoms with Gasteiger partial charge in [-0.2, -0.15) is 0 Å². The van der Waals surface area contributed by atoms with Gasteiger partial charge in [-0.1, -0.05) is 44.0 Å². The molecule has 1 amide bonds. The number of aliphatic hydroxyl groups is 1. The molecule has 3 nitrogen and oxygen atoms in total. The molecule has 0 fully saturated rings. The Balaban J connectivity index is 2.24. The van der Waals surface area contributed by atoms with Crippen molar-refractivity contribution in [2.75, 3.05) is 5.32 Å². The minimum atomic E-state index is -0.565. The molecule has 0 aliphatic carbocycles. The molecular formula is C16H15Br2NO2. The number of hydrogen-bond acceptors (Lipinski definition) is 2. The van der Waals surface area contributed by atoms with E-state index < -0.39 is 6.10 Å². The number of carbonyl (C=O) groups is 1. The van der Waals surface area contributed by atoms with Gasteiger partial charge in [0, 0.05) is 20.2 Å². The third kappa shape index (κ3) is 3.93. The number of halogens is 2. The van der Waals surface area contributed by atoms with Gasteiger partial charge < -0.3 is 10.4 Å². The molecule has 0 bridgehead atoms. The number of rotatable bonds is 3. The van der Waals surface area contributed by atoms with Gasteiger partial charge >= 0.3 is 0 Å². The molecule has 0 aromatic heterocycles. The summed E-state index contributed by atoms with van der Waals surface area (Å²) in [4.78, 5) is 12.3. The molecule has 5 heteroatoms. The fourth-order valence-corrected chi connectivity index (χ4v) is 3.04. The highest BCUT2D eigenvalue weighted by atomic mass is 79.9. The summed E-state index contributed by atoms with van der Waals surface area (Å²) in [5, 5.41) is 12.4. The Kier molecular flexibility index (Phi) is 5.19. The Morgan fingerprint density at radius 1 is 1.19 bits per heavy atom. The van der Waals surface area contributed by atoms with Crippen LogP contribution in [0.25, 0.3) is 0 Å². The van der Waals surface area contributed by atoms with Gasteiger partial charge in [0.05, 0.1) is 6.10 Å². The first-order valence-electron chi connectivity index (χ1n) is 6.43. The van der Waals surface area contributed by atoms with Gasteiger partial charge in [-0.3, -0.25) is 4.79 Å². The summed E-state index contributed by atoms with van der Waals surface area (Å²) in [7, 11) is 0. The molecule has 110 valence electrons. The molecule has 0 aliphatic heterocycles. The van der Waals surface area contributed by atoms with Crippen LogP contribution in [0.5, 0.6) is 0 Å². The van der Waals surface area contributed by atoms with Gasteiger partial charge in [-0.05, 0) is 49.2 Å². The fraction of sp³-hybridized carbons (Fsp3) is 0.188. The minimum Gasteiger partial charge on any atom is -0.389 e. The Hall–Kier alpha value is -1.17. The number of aliphatic hydroxyl groups excluding tert-OH is 1. The van der Waals surface area contributed by atoms with Crippen LogP contribution < -0.4 is 5.32 Å². The summed E-state index contributed by atoms with van der Waals surface area (Å²) >= 11 is 6.88. The van der Waals surface area contributed by atoms with Crippen LogP contribution in [0.3, 0.4) is 0 Å². The van der Waals surface area contributed by atoms with Gasteiger partial charge in [0.1, 0.15) is 0 Å². The van der Waals surface area contributed by atoms with Crippen LogP contribution in [0.1, 0.15) is 34.5 Å². The zero-order valence-electron chi connectivity index (χ0n) is 11.7. The molecule has 0 radical (unpaired) electrons. The summed E-state index contributed by atoms with van der Waals surface area (Å²) in [6, 6.07) is 10.8. The largest absolute Gasteiger partial charge is 0.389 e. The van der Waals surface area contributed by atoms with Gasteiger partial charge in [-0.25, -0.2) is 0 Å². The maximum atomic E-state index is 12.3. The Labute approximate surface area is 140 Å². The van der Waals surface area contributed by atoms with Crippen molar-refractivity contribution in [3.05, 3.63) is 62.0 Å². The summed E-state index contributed by atoms with van der Waals surface area (Å²) in [6.07, 6.45) is -0.565. The van der Waals surface area contributed by atoms with Gasteiger partial charge in [-0.15, -0.1) is 0 Å². The van der Waals surface area contributed by atoms with Crippen LogP contribution in [0.4, 0.5) is 5.69 Å². The van der Waals surface area contributed by atoms with Gasteiger partial charge in [0.2, 0.25) is 0 Å². The van der Waals surface area contributed by atoms with E-state index in [4.69, 9.17) is 0 Å². The highest BCUT2D eigenvalue weighted by Crippen LogP contribution is 2.27. The number of benzene rings is 2. The van der Waals surface area contributed by atoms with Crippen molar-refractivity contribution in [1.82, 2.24) is 0 Å². The third-order valence-corrected chi connectivity index (χ3v) is 4.82. The Morgan fingerprint density at radius 3 is 2.38 bits per heavy atom. The first kappa shape index (κ1) is 16.2. The topological polar surface area (TPSA) is 49.3 Å². The summed E-state index contributed by atoms with van der Waals surface area (Å²) < 4.78 is 1.75. The molecule has 2 N–H and O–H groups in total. The van der Waals surface area contributed by atoms with Crippen molar-refractivity contribution >= 4 is 43.5 Å². The van der Waals surface area contributed by atoms with Crippen molar-refractivity contribution < 1.29 is 9.90 Å². The quantitative estimate of drug-likeness (QED) is 0.758. The second kappa shape index (κ2) is 6.73. The number of carbonyl (C=O) groups excluding carboxylic acids is 1. The van der Waals surface area contributed by atoms with E-state index in [1.807, 2.05) is 13.0 Å². The molecule has 1 atom stereocenters. The van der Waals surface area contributed by atoms with E-state index in [1.165, 1.54) is 0 Å². The van der Waals surface area contributed by atoms with Crippen LogP contribution in [0.15, 0.2) is 45.3 Å². The van der Waals surface area contributed by atoms with E-state index in [0.29, 0.717) is 11.3 Å².